The van der Waals surface area contributed by atoms with E-state index in [2.05, 4.69) is 40.1 Å². The first kappa shape index (κ1) is 19.9. The highest BCUT2D eigenvalue weighted by Gasteiger charge is 2.28. The Labute approximate surface area is 167 Å². The van der Waals surface area contributed by atoms with Crippen LogP contribution in [0.2, 0.25) is 0 Å². The summed E-state index contributed by atoms with van der Waals surface area (Å²) >= 11 is 3.22. The third kappa shape index (κ3) is 3.49. The van der Waals surface area contributed by atoms with Crippen LogP contribution in [0.25, 0.3) is 11.0 Å². The van der Waals surface area contributed by atoms with E-state index in [4.69, 9.17) is 7.85 Å². The molecular weight excluding hydrogens is 411 g/mol. The van der Waals surface area contributed by atoms with E-state index in [1.54, 1.807) is 25.4 Å². The van der Waals surface area contributed by atoms with Crippen molar-refractivity contribution in [2.24, 2.45) is 5.92 Å². The summed E-state index contributed by atoms with van der Waals surface area (Å²) in [6.45, 7) is 7.81. The summed E-state index contributed by atoms with van der Waals surface area (Å²) in [6.07, 6.45) is 2.46. The summed E-state index contributed by atoms with van der Waals surface area (Å²) in [7, 11) is 6.53. The van der Waals surface area contributed by atoms with Gasteiger partial charge in [0.2, 0.25) is 0 Å². The minimum atomic E-state index is -0.699. The molecule has 1 heterocycles. The average Bonchev–Trinajstić information content (AvgIpc) is 3.04. The van der Waals surface area contributed by atoms with E-state index < -0.39 is 17.1 Å². The Balaban J connectivity index is 2.10. The van der Waals surface area contributed by atoms with Gasteiger partial charge in [0.25, 0.3) is 0 Å². The van der Waals surface area contributed by atoms with Crippen LogP contribution in [0.15, 0.2) is 35.1 Å². The van der Waals surface area contributed by atoms with Gasteiger partial charge in [-0.05, 0) is 49.6 Å². The monoisotopic (exact) mass is 431 g/mol. The fraction of sp³-hybridized carbons (Fsp3) is 0.350. The van der Waals surface area contributed by atoms with Gasteiger partial charge in [0.15, 0.2) is 5.82 Å². The highest BCUT2D eigenvalue weighted by molar-refractivity contribution is 9.10. The van der Waals surface area contributed by atoms with Crippen LogP contribution in [0.3, 0.4) is 0 Å². The maximum Gasteiger partial charge on any atom is 0.174 e. The molecule has 0 aliphatic heterocycles. The molecule has 1 N–H and O–H groups in total. The Morgan fingerprint density at radius 1 is 1.33 bits per heavy atom. The lowest BCUT2D eigenvalue weighted by Crippen LogP contribution is -2.36. The average molecular weight is 432 g/mol. The summed E-state index contributed by atoms with van der Waals surface area (Å²) in [4.78, 5) is 4.25. The molecule has 2 atom stereocenters. The number of halogens is 3. The van der Waals surface area contributed by atoms with E-state index >= 15 is 4.39 Å². The summed E-state index contributed by atoms with van der Waals surface area (Å²) in [5.74, 6) is -0.820. The molecule has 2 unspecified atom stereocenters. The molecular formula is C20H21BBrF2N3. The van der Waals surface area contributed by atoms with Gasteiger partial charge in [-0.15, -0.1) is 0 Å². The minimum Gasteiger partial charge on any atom is -0.350 e. The van der Waals surface area contributed by atoms with Crippen molar-refractivity contribution in [2.75, 3.05) is 5.32 Å². The van der Waals surface area contributed by atoms with Gasteiger partial charge in [-0.1, -0.05) is 36.2 Å². The molecule has 0 aliphatic carbocycles. The SMILES string of the molecule is [B]C(C)(C(C)CC)n1cnc2c(F)c(Nc3ccc(Br)cc3F)c(C)cc21. The zero-order valence-electron chi connectivity index (χ0n) is 15.8. The standard InChI is InChI=1S/C20H21BBrF2N3/c1-5-12(3)20(4,21)27-10-25-19-16(27)8-11(2)18(17(19)24)26-15-7-6-13(22)9-14(15)23/h6-10,12,26H,5H2,1-4H3. The lowest BCUT2D eigenvalue weighted by molar-refractivity contribution is 0.320. The number of imidazole rings is 1. The molecule has 0 bridgehead atoms. The van der Waals surface area contributed by atoms with Crippen molar-refractivity contribution < 1.29 is 8.78 Å². The highest BCUT2D eigenvalue weighted by atomic mass is 79.9. The number of nitrogens with one attached hydrogen (secondary N) is 1. The minimum absolute atomic E-state index is 0.174. The number of nitrogens with zero attached hydrogens (tertiary/aromatic N) is 2. The Morgan fingerprint density at radius 3 is 2.67 bits per heavy atom. The predicted octanol–water partition coefficient (Wildman–Crippen LogP) is 6.02. The van der Waals surface area contributed by atoms with E-state index in [9.17, 15) is 4.39 Å². The van der Waals surface area contributed by atoms with Crippen LogP contribution in [-0.4, -0.2) is 17.4 Å². The zero-order chi connectivity index (χ0) is 19.9. The lowest BCUT2D eigenvalue weighted by atomic mass is 9.69. The fourth-order valence-electron chi connectivity index (χ4n) is 3.15. The number of hydrogen-bond donors (Lipinski definition) is 1. The quantitative estimate of drug-likeness (QED) is 0.500. The predicted molar refractivity (Wildman–Crippen MR) is 111 cm³/mol. The number of hydrogen-bond acceptors (Lipinski definition) is 2. The molecule has 0 saturated heterocycles. The van der Waals surface area contributed by atoms with Crippen molar-refractivity contribution in [1.29, 1.82) is 0 Å². The van der Waals surface area contributed by atoms with Gasteiger partial charge in [-0.3, -0.25) is 0 Å². The molecule has 2 aromatic carbocycles. The fourth-order valence-corrected chi connectivity index (χ4v) is 3.48. The highest BCUT2D eigenvalue weighted by Crippen LogP contribution is 2.35. The number of fused-ring (bicyclic) bond motifs is 1. The Hall–Kier alpha value is -1.89. The van der Waals surface area contributed by atoms with Crippen molar-refractivity contribution in [3.63, 3.8) is 0 Å². The Kier molecular flexibility index (Phi) is 5.34. The van der Waals surface area contributed by atoms with Crippen molar-refractivity contribution >= 4 is 46.2 Å². The molecule has 2 radical (unpaired) electrons. The summed E-state index contributed by atoms with van der Waals surface area (Å²) < 4.78 is 31.8. The molecule has 140 valence electrons. The molecule has 7 heteroatoms. The van der Waals surface area contributed by atoms with Crippen molar-refractivity contribution in [3.05, 3.63) is 52.3 Å². The number of aromatic nitrogens is 2. The number of aryl methyl sites for hydroxylation is 1. The smallest absolute Gasteiger partial charge is 0.174 e. The van der Waals surface area contributed by atoms with Crippen LogP contribution in [0, 0.1) is 24.5 Å². The van der Waals surface area contributed by atoms with Crippen LogP contribution in [0.5, 0.6) is 0 Å². The first-order valence-corrected chi connectivity index (χ1v) is 9.63. The lowest BCUT2D eigenvalue weighted by Gasteiger charge is -2.34. The van der Waals surface area contributed by atoms with Crippen LogP contribution < -0.4 is 5.32 Å². The molecule has 3 rings (SSSR count). The first-order valence-electron chi connectivity index (χ1n) is 8.84. The van der Waals surface area contributed by atoms with Crippen LogP contribution in [-0.2, 0) is 5.44 Å². The van der Waals surface area contributed by atoms with Gasteiger partial charge < -0.3 is 9.88 Å². The Bertz CT molecular complexity index is 1000. The molecule has 27 heavy (non-hydrogen) atoms. The third-order valence-electron chi connectivity index (χ3n) is 5.30. The van der Waals surface area contributed by atoms with E-state index in [1.165, 1.54) is 6.07 Å². The second-order valence-electron chi connectivity index (χ2n) is 7.15. The molecule has 0 aliphatic rings. The van der Waals surface area contributed by atoms with Crippen molar-refractivity contribution in [3.8, 4) is 0 Å². The normalized spacial score (nSPS) is 14.9. The number of anilines is 2. The van der Waals surface area contributed by atoms with Crippen LogP contribution in [0.4, 0.5) is 20.2 Å². The molecule has 3 nitrogen and oxygen atoms in total. The molecule has 0 fully saturated rings. The van der Waals surface area contributed by atoms with Crippen LogP contribution in [0.1, 0.15) is 32.8 Å². The number of benzene rings is 2. The summed E-state index contributed by atoms with van der Waals surface area (Å²) in [5.41, 5.74) is 1.18. The van der Waals surface area contributed by atoms with Gasteiger partial charge in [-0.25, -0.2) is 13.8 Å². The van der Waals surface area contributed by atoms with Gasteiger partial charge in [0.05, 0.1) is 23.2 Å². The van der Waals surface area contributed by atoms with E-state index in [0.29, 0.717) is 15.6 Å². The van der Waals surface area contributed by atoms with Crippen LogP contribution >= 0.6 is 15.9 Å². The van der Waals surface area contributed by atoms with Crippen molar-refractivity contribution in [2.45, 2.75) is 39.6 Å². The van der Waals surface area contributed by atoms with Gasteiger partial charge in [0, 0.05) is 9.91 Å². The second kappa shape index (κ2) is 7.26. The molecule has 3 aromatic rings. The second-order valence-corrected chi connectivity index (χ2v) is 8.06. The first-order chi connectivity index (χ1) is 12.7. The largest absolute Gasteiger partial charge is 0.350 e. The van der Waals surface area contributed by atoms with E-state index in [1.807, 2.05) is 17.6 Å². The summed E-state index contributed by atoms with van der Waals surface area (Å²) in [6, 6.07) is 6.41. The third-order valence-corrected chi connectivity index (χ3v) is 5.79. The maximum atomic E-state index is 15.2. The summed E-state index contributed by atoms with van der Waals surface area (Å²) in [5, 5.41) is 2.86. The topological polar surface area (TPSA) is 29.9 Å². The van der Waals surface area contributed by atoms with Gasteiger partial charge in [-0.2, -0.15) is 0 Å². The van der Waals surface area contributed by atoms with E-state index in [-0.39, 0.29) is 22.8 Å². The maximum absolute atomic E-state index is 15.2. The molecule has 1 aromatic heterocycles. The molecule has 0 saturated carbocycles. The van der Waals surface area contributed by atoms with Gasteiger partial charge >= 0.3 is 0 Å². The van der Waals surface area contributed by atoms with Gasteiger partial charge in [0.1, 0.15) is 19.2 Å². The number of rotatable bonds is 5. The van der Waals surface area contributed by atoms with Crippen molar-refractivity contribution in [1.82, 2.24) is 9.55 Å². The molecule has 0 amide bonds. The Morgan fingerprint density at radius 2 is 2.04 bits per heavy atom. The zero-order valence-corrected chi connectivity index (χ0v) is 17.4. The van der Waals surface area contributed by atoms with E-state index in [0.717, 1.165) is 6.42 Å². The molecule has 0 spiro atoms.